The molecular formula is C19H20F3N5O2S. The third kappa shape index (κ3) is 3.90. The molecule has 2 aliphatic rings. The van der Waals surface area contributed by atoms with Crippen LogP contribution in [0.15, 0.2) is 23.4 Å². The van der Waals surface area contributed by atoms with Crippen LogP contribution in [0.2, 0.25) is 0 Å². The molecule has 0 bridgehead atoms. The van der Waals surface area contributed by atoms with Crippen molar-refractivity contribution in [1.82, 2.24) is 14.8 Å². The molecule has 1 aliphatic heterocycles. The lowest BCUT2D eigenvalue weighted by Crippen LogP contribution is -2.45. The summed E-state index contributed by atoms with van der Waals surface area (Å²) in [5.74, 6) is 0.412. The van der Waals surface area contributed by atoms with Crippen LogP contribution in [0.1, 0.15) is 44.0 Å². The highest BCUT2D eigenvalue weighted by molar-refractivity contribution is 8.00. The van der Waals surface area contributed by atoms with Crippen molar-refractivity contribution in [1.29, 1.82) is 0 Å². The maximum absolute atomic E-state index is 13.1. The van der Waals surface area contributed by atoms with Crippen LogP contribution in [-0.2, 0) is 22.3 Å². The molecule has 1 atom stereocenters. The van der Waals surface area contributed by atoms with Crippen molar-refractivity contribution in [3.63, 3.8) is 0 Å². The van der Waals surface area contributed by atoms with Crippen LogP contribution in [0.3, 0.4) is 0 Å². The summed E-state index contributed by atoms with van der Waals surface area (Å²) in [7, 11) is 0. The highest BCUT2D eigenvalue weighted by atomic mass is 32.2. The lowest BCUT2D eigenvalue weighted by molar-refractivity contribution is -0.137. The zero-order valence-electron chi connectivity index (χ0n) is 16.4. The van der Waals surface area contributed by atoms with Gasteiger partial charge < -0.3 is 9.88 Å². The molecule has 160 valence electrons. The van der Waals surface area contributed by atoms with E-state index in [2.05, 4.69) is 15.5 Å². The van der Waals surface area contributed by atoms with Crippen LogP contribution in [0, 0.1) is 0 Å². The van der Waals surface area contributed by atoms with E-state index in [9.17, 15) is 22.8 Å². The molecule has 1 aliphatic carbocycles. The topological polar surface area (TPSA) is 80.1 Å². The molecule has 30 heavy (non-hydrogen) atoms. The third-order valence-corrected chi connectivity index (χ3v) is 6.16. The fourth-order valence-electron chi connectivity index (χ4n) is 3.42. The molecule has 7 nitrogen and oxygen atoms in total. The Morgan fingerprint density at radius 2 is 2.07 bits per heavy atom. The van der Waals surface area contributed by atoms with Crippen molar-refractivity contribution in [2.24, 2.45) is 0 Å². The molecule has 2 heterocycles. The summed E-state index contributed by atoms with van der Waals surface area (Å²) in [6.45, 7) is 4.09. The molecule has 1 aromatic carbocycles. The molecule has 0 radical (unpaired) electrons. The van der Waals surface area contributed by atoms with Gasteiger partial charge in [-0.3, -0.25) is 14.5 Å². The SMILES string of the molecule is CCn1c(S[C@H](C)C(=O)N2CC(=O)Nc3cc(C(F)(F)F)ccc32)nnc1C1CC1. The fraction of sp³-hybridized carbons (Fsp3) is 0.474. The summed E-state index contributed by atoms with van der Waals surface area (Å²) in [4.78, 5) is 26.4. The quantitative estimate of drug-likeness (QED) is 0.720. The number of amides is 2. The summed E-state index contributed by atoms with van der Waals surface area (Å²) in [5.41, 5.74) is -0.669. The van der Waals surface area contributed by atoms with Gasteiger partial charge in [-0.25, -0.2) is 0 Å². The van der Waals surface area contributed by atoms with Gasteiger partial charge in [-0.2, -0.15) is 13.2 Å². The molecule has 1 aromatic heterocycles. The first-order valence-corrected chi connectivity index (χ1v) is 10.5. The van der Waals surface area contributed by atoms with E-state index >= 15 is 0 Å². The average Bonchev–Trinajstić information content (AvgIpc) is 3.46. The van der Waals surface area contributed by atoms with Gasteiger partial charge in [-0.05, 0) is 44.9 Å². The number of aromatic nitrogens is 3. The van der Waals surface area contributed by atoms with Crippen LogP contribution in [0.5, 0.6) is 0 Å². The van der Waals surface area contributed by atoms with Gasteiger partial charge in [0, 0.05) is 12.5 Å². The zero-order chi connectivity index (χ0) is 21.6. The summed E-state index contributed by atoms with van der Waals surface area (Å²) in [6, 6.07) is 2.97. The normalized spacial score (nSPS) is 17.5. The van der Waals surface area contributed by atoms with Gasteiger partial charge in [0.2, 0.25) is 11.8 Å². The monoisotopic (exact) mass is 439 g/mol. The number of hydrogen-bond acceptors (Lipinski definition) is 5. The molecule has 11 heteroatoms. The van der Waals surface area contributed by atoms with Crippen molar-refractivity contribution < 1.29 is 22.8 Å². The van der Waals surface area contributed by atoms with E-state index in [0.717, 1.165) is 30.8 Å². The Balaban J connectivity index is 1.57. The number of alkyl halides is 3. The molecule has 1 N–H and O–H groups in total. The zero-order valence-corrected chi connectivity index (χ0v) is 17.2. The van der Waals surface area contributed by atoms with E-state index in [1.54, 1.807) is 6.92 Å². The molecule has 2 amide bonds. The van der Waals surface area contributed by atoms with Crippen molar-refractivity contribution in [3.8, 4) is 0 Å². The van der Waals surface area contributed by atoms with Crippen LogP contribution < -0.4 is 10.2 Å². The van der Waals surface area contributed by atoms with Crippen LogP contribution >= 0.6 is 11.8 Å². The van der Waals surface area contributed by atoms with Gasteiger partial charge >= 0.3 is 6.18 Å². The molecular weight excluding hydrogens is 419 g/mol. The van der Waals surface area contributed by atoms with Gasteiger partial charge in [0.25, 0.3) is 0 Å². The molecule has 0 unspecified atom stereocenters. The Bertz CT molecular complexity index is 1000. The van der Waals surface area contributed by atoms with Crippen molar-refractivity contribution in [2.75, 3.05) is 16.8 Å². The molecule has 1 saturated carbocycles. The van der Waals surface area contributed by atoms with Gasteiger partial charge in [0.1, 0.15) is 12.4 Å². The summed E-state index contributed by atoms with van der Waals surface area (Å²) in [6.07, 6.45) is -2.38. The van der Waals surface area contributed by atoms with Crippen LogP contribution in [0.25, 0.3) is 0 Å². The largest absolute Gasteiger partial charge is 0.416 e. The first-order valence-electron chi connectivity index (χ1n) is 9.61. The van der Waals surface area contributed by atoms with Crippen molar-refractivity contribution in [2.45, 2.75) is 55.7 Å². The first-order chi connectivity index (χ1) is 14.2. The number of nitrogens with zero attached hydrogens (tertiary/aromatic N) is 4. The number of anilines is 2. The number of hydrogen-bond donors (Lipinski definition) is 1. The van der Waals surface area contributed by atoms with Crippen molar-refractivity contribution in [3.05, 3.63) is 29.6 Å². The fourth-order valence-corrected chi connectivity index (χ4v) is 4.40. The predicted molar refractivity (Wildman–Crippen MR) is 105 cm³/mol. The van der Waals surface area contributed by atoms with Gasteiger partial charge in [-0.1, -0.05) is 11.8 Å². The molecule has 0 spiro atoms. The number of rotatable bonds is 5. The molecule has 1 fully saturated rings. The molecule has 0 saturated heterocycles. The Morgan fingerprint density at radius 1 is 1.33 bits per heavy atom. The maximum Gasteiger partial charge on any atom is 0.416 e. The summed E-state index contributed by atoms with van der Waals surface area (Å²) >= 11 is 1.23. The maximum atomic E-state index is 13.1. The lowest BCUT2D eigenvalue weighted by atomic mass is 10.1. The second-order valence-electron chi connectivity index (χ2n) is 7.32. The van der Waals surface area contributed by atoms with Gasteiger partial charge in [0.15, 0.2) is 5.16 Å². The molecule has 4 rings (SSSR count). The second-order valence-corrected chi connectivity index (χ2v) is 8.63. The first kappa shape index (κ1) is 20.7. The number of benzene rings is 1. The number of thioether (sulfide) groups is 1. The Labute approximate surface area is 175 Å². The highest BCUT2D eigenvalue weighted by Gasteiger charge is 2.36. The number of halogens is 3. The Kier molecular flexibility index (Phi) is 5.25. The third-order valence-electron chi connectivity index (χ3n) is 5.09. The van der Waals surface area contributed by atoms with Crippen LogP contribution in [-0.4, -0.2) is 38.4 Å². The average molecular weight is 439 g/mol. The minimum absolute atomic E-state index is 0.0284. The predicted octanol–water partition coefficient (Wildman–Crippen LogP) is 3.66. The van der Waals surface area contributed by atoms with Gasteiger partial charge in [-0.15, -0.1) is 10.2 Å². The minimum Gasteiger partial charge on any atom is -0.323 e. The van der Waals surface area contributed by atoms with E-state index in [-0.39, 0.29) is 23.8 Å². The van der Waals surface area contributed by atoms with Gasteiger partial charge in [0.05, 0.1) is 22.2 Å². The Hall–Kier alpha value is -2.56. The van der Waals surface area contributed by atoms with E-state index in [1.807, 2.05) is 11.5 Å². The van der Waals surface area contributed by atoms with E-state index < -0.39 is 22.9 Å². The Morgan fingerprint density at radius 3 is 2.70 bits per heavy atom. The van der Waals surface area contributed by atoms with E-state index in [4.69, 9.17) is 0 Å². The summed E-state index contributed by atoms with van der Waals surface area (Å²) < 4.78 is 41.0. The highest BCUT2D eigenvalue weighted by Crippen LogP contribution is 2.41. The standard InChI is InChI=1S/C19H20F3N5O2S/c1-3-26-16(11-4-5-11)24-25-18(26)30-10(2)17(29)27-9-15(28)23-13-8-12(19(20,21)22)6-7-14(13)27/h6-8,10-11H,3-5,9H2,1-2H3,(H,23,28)/t10-/m1/s1. The smallest absolute Gasteiger partial charge is 0.323 e. The summed E-state index contributed by atoms with van der Waals surface area (Å²) in [5, 5.41) is 10.9. The lowest BCUT2D eigenvalue weighted by Gasteiger charge is -2.31. The number of carbonyl (C=O) groups excluding carboxylic acids is 2. The minimum atomic E-state index is -4.54. The van der Waals surface area contributed by atoms with E-state index in [1.165, 1.54) is 22.7 Å². The van der Waals surface area contributed by atoms with Crippen LogP contribution in [0.4, 0.5) is 24.5 Å². The van der Waals surface area contributed by atoms with E-state index in [0.29, 0.717) is 17.6 Å². The molecule has 2 aromatic rings. The number of nitrogens with one attached hydrogen (secondary N) is 1. The second kappa shape index (κ2) is 7.60. The number of carbonyl (C=O) groups is 2. The van der Waals surface area contributed by atoms with Crippen molar-refractivity contribution >= 4 is 35.0 Å². The number of fused-ring (bicyclic) bond motifs is 1.